The highest BCUT2D eigenvalue weighted by Crippen LogP contribution is 2.30. The third-order valence-electron chi connectivity index (χ3n) is 3.93. The lowest BCUT2D eigenvalue weighted by Gasteiger charge is -2.20. The highest BCUT2D eigenvalue weighted by molar-refractivity contribution is 7.15. The van der Waals surface area contributed by atoms with E-state index in [0.29, 0.717) is 18.7 Å². The summed E-state index contributed by atoms with van der Waals surface area (Å²) in [6, 6.07) is 13.8. The first-order valence-corrected chi connectivity index (χ1v) is 8.93. The SMILES string of the molecule is C=CCN(CC=C)C(=O)c1cc(-c2ccc(C)s2)nc2ccccc12. The number of carbonyl (C=O) groups excluding carboxylic acids is 1. The molecule has 2 aromatic heterocycles. The Kier molecular flexibility index (Phi) is 5.10. The number of hydrogen-bond donors (Lipinski definition) is 0. The lowest BCUT2D eigenvalue weighted by molar-refractivity contribution is 0.0793. The van der Waals surface area contributed by atoms with Crippen LogP contribution in [0, 0.1) is 6.92 Å². The van der Waals surface area contributed by atoms with Gasteiger partial charge in [0.05, 0.1) is 21.7 Å². The van der Waals surface area contributed by atoms with Crippen molar-refractivity contribution in [3.63, 3.8) is 0 Å². The molecule has 0 N–H and O–H groups in total. The molecule has 0 spiro atoms. The minimum absolute atomic E-state index is 0.0343. The van der Waals surface area contributed by atoms with Crippen molar-refractivity contribution >= 4 is 28.1 Å². The van der Waals surface area contributed by atoms with Crippen LogP contribution in [0.5, 0.6) is 0 Å². The van der Waals surface area contributed by atoms with Crippen molar-refractivity contribution in [2.75, 3.05) is 13.1 Å². The van der Waals surface area contributed by atoms with Gasteiger partial charge in [0.2, 0.25) is 0 Å². The van der Waals surface area contributed by atoms with Gasteiger partial charge in [-0.15, -0.1) is 24.5 Å². The number of para-hydroxylation sites is 1. The lowest BCUT2D eigenvalue weighted by atomic mass is 10.1. The number of pyridine rings is 1. The van der Waals surface area contributed by atoms with E-state index in [-0.39, 0.29) is 5.91 Å². The van der Waals surface area contributed by atoms with Crippen LogP contribution in [0.1, 0.15) is 15.2 Å². The average molecular weight is 348 g/mol. The van der Waals surface area contributed by atoms with E-state index in [1.54, 1.807) is 28.4 Å². The number of nitrogens with zero attached hydrogens (tertiary/aromatic N) is 2. The van der Waals surface area contributed by atoms with Crippen LogP contribution in [0.25, 0.3) is 21.5 Å². The highest BCUT2D eigenvalue weighted by Gasteiger charge is 2.18. The van der Waals surface area contributed by atoms with E-state index in [1.165, 1.54) is 4.88 Å². The minimum atomic E-state index is -0.0343. The smallest absolute Gasteiger partial charge is 0.255 e. The lowest BCUT2D eigenvalue weighted by Crippen LogP contribution is -2.31. The van der Waals surface area contributed by atoms with Crippen molar-refractivity contribution in [2.24, 2.45) is 0 Å². The quantitative estimate of drug-likeness (QED) is 0.582. The average Bonchev–Trinajstić information content (AvgIpc) is 3.06. The fraction of sp³-hybridized carbons (Fsp3) is 0.143. The van der Waals surface area contributed by atoms with Gasteiger partial charge in [0.1, 0.15) is 0 Å². The van der Waals surface area contributed by atoms with Gasteiger partial charge in [-0.1, -0.05) is 30.4 Å². The third-order valence-corrected chi connectivity index (χ3v) is 4.95. The third kappa shape index (κ3) is 3.54. The molecule has 3 nitrogen and oxygen atoms in total. The maximum Gasteiger partial charge on any atom is 0.255 e. The molecular formula is C21H20N2OS. The predicted molar refractivity (Wildman–Crippen MR) is 106 cm³/mol. The van der Waals surface area contributed by atoms with E-state index in [4.69, 9.17) is 4.98 Å². The van der Waals surface area contributed by atoms with Crippen LogP contribution in [0.2, 0.25) is 0 Å². The first-order valence-electron chi connectivity index (χ1n) is 8.11. The minimum Gasteiger partial charge on any atom is -0.331 e. The number of rotatable bonds is 6. The summed E-state index contributed by atoms with van der Waals surface area (Å²) >= 11 is 1.68. The Bertz CT molecular complexity index is 932. The molecule has 0 saturated carbocycles. The summed E-state index contributed by atoms with van der Waals surface area (Å²) in [6.45, 7) is 10.5. The number of thiophene rings is 1. The van der Waals surface area contributed by atoms with Crippen LogP contribution in [-0.4, -0.2) is 28.9 Å². The molecule has 3 rings (SSSR count). The van der Waals surface area contributed by atoms with E-state index in [1.807, 2.05) is 30.3 Å². The number of aryl methyl sites for hydroxylation is 1. The van der Waals surface area contributed by atoms with E-state index in [9.17, 15) is 4.79 Å². The van der Waals surface area contributed by atoms with Gasteiger partial charge < -0.3 is 4.90 Å². The largest absolute Gasteiger partial charge is 0.331 e. The van der Waals surface area contributed by atoms with Crippen molar-refractivity contribution in [3.05, 3.63) is 78.2 Å². The zero-order valence-corrected chi connectivity index (χ0v) is 15.1. The Morgan fingerprint density at radius 3 is 2.52 bits per heavy atom. The molecule has 3 aromatic rings. The standard InChI is InChI=1S/C21H20N2OS/c1-4-12-23(13-5-2)21(24)17-14-19(20-11-10-15(3)25-20)22-18-9-7-6-8-16(17)18/h4-11,14H,1-2,12-13H2,3H3. The first-order chi connectivity index (χ1) is 12.1. The summed E-state index contributed by atoms with van der Waals surface area (Å²) in [7, 11) is 0. The van der Waals surface area contributed by atoms with Gasteiger partial charge in [0, 0.05) is 23.4 Å². The second kappa shape index (κ2) is 7.45. The zero-order valence-electron chi connectivity index (χ0n) is 14.2. The molecule has 0 aliphatic rings. The maximum atomic E-state index is 13.1. The molecule has 1 aromatic carbocycles. The molecule has 0 bridgehead atoms. The van der Waals surface area contributed by atoms with Crippen molar-refractivity contribution in [1.82, 2.24) is 9.88 Å². The molecule has 0 saturated heterocycles. The number of aromatic nitrogens is 1. The molecule has 0 aliphatic heterocycles. The van der Waals surface area contributed by atoms with Crippen molar-refractivity contribution < 1.29 is 4.79 Å². The van der Waals surface area contributed by atoms with E-state index < -0.39 is 0 Å². The molecule has 0 fully saturated rings. The number of hydrogen-bond acceptors (Lipinski definition) is 3. The first kappa shape index (κ1) is 17.1. The second-order valence-electron chi connectivity index (χ2n) is 5.77. The van der Waals surface area contributed by atoms with Crippen LogP contribution in [0.15, 0.2) is 67.8 Å². The van der Waals surface area contributed by atoms with Crippen molar-refractivity contribution in [3.8, 4) is 10.6 Å². The molecule has 0 atom stereocenters. The van der Waals surface area contributed by atoms with E-state index >= 15 is 0 Å². The Hall–Kier alpha value is -2.72. The highest BCUT2D eigenvalue weighted by atomic mass is 32.1. The monoisotopic (exact) mass is 348 g/mol. The van der Waals surface area contributed by atoms with Crippen molar-refractivity contribution in [1.29, 1.82) is 0 Å². The summed E-state index contributed by atoms with van der Waals surface area (Å²) in [5, 5.41) is 0.864. The fourth-order valence-corrected chi connectivity index (χ4v) is 3.60. The fourth-order valence-electron chi connectivity index (χ4n) is 2.77. The Balaban J connectivity index is 2.16. The normalized spacial score (nSPS) is 10.6. The molecule has 0 aliphatic carbocycles. The molecule has 0 radical (unpaired) electrons. The predicted octanol–water partition coefficient (Wildman–Crippen LogP) is 5.09. The summed E-state index contributed by atoms with van der Waals surface area (Å²) < 4.78 is 0. The zero-order chi connectivity index (χ0) is 17.8. The van der Waals surface area contributed by atoms with Gasteiger partial charge in [0.25, 0.3) is 5.91 Å². The molecule has 4 heteroatoms. The molecule has 126 valence electrons. The van der Waals surface area contributed by atoms with E-state index in [0.717, 1.165) is 21.5 Å². The molecule has 0 unspecified atom stereocenters. The molecule has 1 amide bonds. The summed E-state index contributed by atoms with van der Waals surface area (Å²) in [6.07, 6.45) is 3.46. The van der Waals surface area contributed by atoms with Gasteiger partial charge in [-0.05, 0) is 31.2 Å². The number of carbonyl (C=O) groups is 1. The molecule has 2 heterocycles. The van der Waals surface area contributed by atoms with Crippen molar-refractivity contribution in [2.45, 2.75) is 6.92 Å². The summed E-state index contributed by atoms with van der Waals surface area (Å²) in [5.41, 5.74) is 2.32. The van der Waals surface area contributed by atoms with Gasteiger partial charge in [-0.3, -0.25) is 4.79 Å². The second-order valence-corrected chi connectivity index (χ2v) is 7.06. The summed E-state index contributed by atoms with van der Waals surface area (Å²) in [4.78, 5) is 21.9. The summed E-state index contributed by atoms with van der Waals surface area (Å²) in [5.74, 6) is -0.0343. The van der Waals surface area contributed by atoms with Gasteiger partial charge >= 0.3 is 0 Å². The van der Waals surface area contributed by atoms with Crippen LogP contribution in [0.3, 0.4) is 0 Å². The van der Waals surface area contributed by atoms with Crippen LogP contribution < -0.4 is 0 Å². The number of fused-ring (bicyclic) bond motifs is 1. The topological polar surface area (TPSA) is 33.2 Å². The molecular weight excluding hydrogens is 328 g/mol. The van der Waals surface area contributed by atoms with Gasteiger partial charge in [0.15, 0.2) is 0 Å². The van der Waals surface area contributed by atoms with Crippen LogP contribution >= 0.6 is 11.3 Å². The number of benzene rings is 1. The molecule has 25 heavy (non-hydrogen) atoms. The Morgan fingerprint density at radius 2 is 1.88 bits per heavy atom. The van der Waals surface area contributed by atoms with E-state index in [2.05, 4.69) is 32.2 Å². The van der Waals surface area contributed by atoms with Gasteiger partial charge in [-0.25, -0.2) is 4.98 Å². The van der Waals surface area contributed by atoms with Gasteiger partial charge in [-0.2, -0.15) is 0 Å². The van der Waals surface area contributed by atoms with Crippen LogP contribution in [-0.2, 0) is 0 Å². The Labute approximate surface area is 151 Å². The maximum absolute atomic E-state index is 13.1. The number of amides is 1. The van der Waals surface area contributed by atoms with Crippen LogP contribution in [0.4, 0.5) is 0 Å². The Morgan fingerprint density at radius 1 is 1.16 bits per heavy atom.